The molecule has 2 aromatic carbocycles. The first-order valence-electron chi connectivity index (χ1n) is 9.46. The summed E-state index contributed by atoms with van der Waals surface area (Å²) in [5, 5.41) is 0. The molecule has 2 aromatic rings. The van der Waals surface area contributed by atoms with Gasteiger partial charge < -0.3 is 0 Å². The van der Waals surface area contributed by atoms with Crippen molar-refractivity contribution < 1.29 is 25.3 Å². The molecule has 1 N–H and O–H groups in total. The average Bonchev–Trinajstić information content (AvgIpc) is 2.74. The summed E-state index contributed by atoms with van der Waals surface area (Å²) in [6.07, 6.45) is 0.682. The van der Waals surface area contributed by atoms with Crippen LogP contribution in [0, 0.1) is 0 Å². The van der Waals surface area contributed by atoms with Gasteiger partial charge in [0.15, 0.2) is 9.84 Å². The van der Waals surface area contributed by atoms with Gasteiger partial charge in [0.2, 0.25) is 20.0 Å². The van der Waals surface area contributed by atoms with E-state index in [2.05, 4.69) is 4.72 Å². The van der Waals surface area contributed by atoms with E-state index in [0.29, 0.717) is 12.8 Å². The molecule has 164 valence electrons. The van der Waals surface area contributed by atoms with E-state index < -0.39 is 29.9 Å². The van der Waals surface area contributed by atoms with Crippen LogP contribution in [0.5, 0.6) is 0 Å². The highest BCUT2D eigenvalue weighted by molar-refractivity contribution is 7.91. The summed E-state index contributed by atoms with van der Waals surface area (Å²) < 4.78 is 78.4. The van der Waals surface area contributed by atoms with Crippen LogP contribution in [0.25, 0.3) is 0 Å². The Balaban J connectivity index is 1.67. The summed E-state index contributed by atoms with van der Waals surface area (Å²) >= 11 is 0. The Morgan fingerprint density at radius 1 is 0.800 bits per heavy atom. The zero-order valence-corrected chi connectivity index (χ0v) is 18.9. The van der Waals surface area contributed by atoms with E-state index in [0.717, 1.165) is 0 Å². The molecule has 0 unspecified atom stereocenters. The maximum atomic E-state index is 12.9. The van der Waals surface area contributed by atoms with Gasteiger partial charge in [0, 0.05) is 19.1 Å². The summed E-state index contributed by atoms with van der Waals surface area (Å²) in [5.74, 6) is -0.0640. The molecule has 8 nitrogen and oxygen atoms in total. The molecule has 1 fully saturated rings. The molecule has 0 aromatic heterocycles. The van der Waals surface area contributed by atoms with Gasteiger partial charge in [-0.25, -0.2) is 30.0 Å². The van der Waals surface area contributed by atoms with Crippen molar-refractivity contribution in [3.8, 4) is 0 Å². The fourth-order valence-electron chi connectivity index (χ4n) is 3.24. The molecule has 1 aliphatic rings. The fraction of sp³-hybridized carbons (Fsp3) is 0.368. The molecule has 1 aliphatic heterocycles. The molecule has 1 saturated heterocycles. The predicted molar refractivity (Wildman–Crippen MR) is 113 cm³/mol. The number of piperidine rings is 1. The van der Waals surface area contributed by atoms with Crippen molar-refractivity contribution in [2.45, 2.75) is 40.5 Å². The minimum Gasteiger partial charge on any atom is -0.224 e. The van der Waals surface area contributed by atoms with E-state index in [-0.39, 0.29) is 39.6 Å². The van der Waals surface area contributed by atoms with E-state index in [4.69, 9.17) is 0 Å². The Labute approximate surface area is 177 Å². The summed E-state index contributed by atoms with van der Waals surface area (Å²) in [6.45, 7) is 1.86. The van der Waals surface area contributed by atoms with Gasteiger partial charge in [-0.05, 0) is 49.2 Å². The number of sulfone groups is 1. The molecule has 30 heavy (non-hydrogen) atoms. The van der Waals surface area contributed by atoms with Gasteiger partial charge in [0.25, 0.3) is 0 Å². The number of nitrogens with one attached hydrogen (secondary N) is 1. The van der Waals surface area contributed by atoms with Gasteiger partial charge in [-0.15, -0.1) is 0 Å². The average molecular weight is 473 g/mol. The highest BCUT2D eigenvalue weighted by Crippen LogP contribution is 2.23. The third-order valence-corrected chi connectivity index (χ3v) is 10.2. The normalized spacial score (nSPS) is 17.1. The van der Waals surface area contributed by atoms with Crippen LogP contribution in [0.4, 0.5) is 0 Å². The standard InChI is InChI=1S/C19H24N2O6S3/c1-2-28(22,23)17-8-10-19(11-9-17)30(26,27)21-14-12-16(13-15-21)20-29(24,25)18-6-4-3-5-7-18/h3-11,16,20H,2,12-15H2,1H3. The lowest BCUT2D eigenvalue weighted by Gasteiger charge is -2.31. The lowest BCUT2D eigenvalue weighted by atomic mass is 10.1. The van der Waals surface area contributed by atoms with Gasteiger partial charge >= 0.3 is 0 Å². The van der Waals surface area contributed by atoms with E-state index in [9.17, 15) is 25.3 Å². The topological polar surface area (TPSA) is 118 Å². The van der Waals surface area contributed by atoms with Crippen LogP contribution in [-0.4, -0.2) is 54.4 Å². The molecule has 0 aliphatic carbocycles. The van der Waals surface area contributed by atoms with Crippen molar-refractivity contribution in [2.24, 2.45) is 0 Å². The number of hydrogen-bond acceptors (Lipinski definition) is 6. The molecule has 0 saturated carbocycles. The SMILES string of the molecule is CCS(=O)(=O)c1ccc(S(=O)(=O)N2CCC(NS(=O)(=O)c3ccccc3)CC2)cc1. The third kappa shape index (κ3) is 4.92. The van der Waals surface area contributed by atoms with Gasteiger partial charge in [-0.2, -0.15) is 4.31 Å². The number of nitrogens with zero attached hydrogens (tertiary/aromatic N) is 1. The first kappa shape index (κ1) is 22.9. The van der Waals surface area contributed by atoms with Crippen LogP contribution in [0.1, 0.15) is 19.8 Å². The number of hydrogen-bond donors (Lipinski definition) is 1. The van der Waals surface area contributed by atoms with Gasteiger partial charge in [-0.3, -0.25) is 0 Å². The number of sulfonamides is 2. The third-order valence-electron chi connectivity index (χ3n) is 5.03. The molecule has 3 rings (SSSR count). The van der Waals surface area contributed by atoms with Gasteiger partial charge in [0.05, 0.1) is 20.4 Å². The van der Waals surface area contributed by atoms with Crippen LogP contribution >= 0.6 is 0 Å². The van der Waals surface area contributed by atoms with E-state index in [1.165, 1.54) is 47.6 Å². The summed E-state index contributed by atoms with van der Waals surface area (Å²) in [5.41, 5.74) is 0. The van der Waals surface area contributed by atoms with E-state index >= 15 is 0 Å². The second-order valence-electron chi connectivity index (χ2n) is 6.99. The Morgan fingerprint density at radius 3 is 1.87 bits per heavy atom. The van der Waals surface area contributed by atoms with Crippen LogP contribution in [0.3, 0.4) is 0 Å². The maximum Gasteiger partial charge on any atom is 0.243 e. The zero-order chi connectivity index (χ0) is 22.0. The largest absolute Gasteiger partial charge is 0.243 e. The fourth-order valence-corrected chi connectivity index (χ4v) is 6.92. The molecule has 0 spiro atoms. The van der Waals surface area contributed by atoms with Gasteiger partial charge in [-0.1, -0.05) is 25.1 Å². The maximum absolute atomic E-state index is 12.9. The summed E-state index contributed by atoms with van der Waals surface area (Å²) in [6, 6.07) is 12.8. The quantitative estimate of drug-likeness (QED) is 0.654. The first-order chi connectivity index (χ1) is 14.1. The molecule has 0 bridgehead atoms. The van der Waals surface area contributed by atoms with Crippen molar-refractivity contribution in [2.75, 3.05) is 18.8 Å². The van der Waals surface area contributed by atoms with Crippen molar-refractivity contribution in [1.82, 2.24) is 9.03 Å². The van der Waals surface area contributed by atoms with Crippen molar-refractivity contribution in [1.29, 1.82) is 0 Å². The Morgan fingerprint density at radius 2 is 1.33 bits per heavy atom. The lowest BCUT2D eigenvalue weighted by Crippen LogP contribution is -2.46. The zero-order valence-electron chi connectivity index (χ0n) is 16.4. The smallest absolute Gasteiger partial charge is 0.224 e. The number of benzene rings is 2. The molecule has 11 heteroatoms. The molecule has 0 amide bonds. The second-order valence-corrected chi connectivity index (χ2v) is 12.9. The van der Waals surface area contributed by atoms with E-state index in [1.807, 2.05) is 0 Å². The predicted octanol–water partition coefficient (Wildman–Crippen LogP) is 1.61. The highest BCUT2D eigenvalue weighted by atomic mass is 32.2. The van der Waals surface area contributed by atoms with Crippen LogP contribution in [0.2, 0.25) is 0 Å². The monoisotopic (exact) mass is 472 g/mol. The minimum absolute atomic E-state index is 0.0147. The highest BCUT2D eigenvalue weighted by Gasteiger charge is 2.31. The summed E-state index contributed by atoms with van der Waals surface area (Å²) in [7, 11) is -10.9. The number of rotatable bonds is 7. The van der Waals surface area contributed by atoms with Crippen LogP contribution < -0.4 is 4.72 Å². The van der Waals surface area contributed by atoms with Crippen LogP contribution in [-0.2, 0) is 29.9 Å². The van der Waals surface area contributed by atoms with Gasteiger partial charge in [0.1, 0.15) is 0 Å². The Hall–Kier alpha value is -1.79. The molecule has 0 radical (unpaired) electrons. The lowest BCUT2D eigenvalue weighted by molar-refractivity contribution is 0.308. The van der Waals surface area contributed by atoms with Crippen molar-refractivity contribution in [3.05, 3.63) is 54.6 Å². The van der Waals surface area contributed by atoms with Crippen molar-refractivity contribution >= 4 is 29.9 Å². The van der Waals surface area contributed by atoms with Crippen molar-refractivity contribution in [3.63, 3.8) is 0 Å². The Kier molecular flexibility index (Phi) is 6.68. The summed E-state index contributed by atoms with van der Waals surface area (Å²) in [4.78, 5) is 0.265. The first-order valence-corrected chi connectivity index (χ1v) is 14.0. The molecule has 1 heterocycles. The Bertz CT molecular complexity index is 1180. The molecule has 0 atom stereocenters. The van der Waals surface area contributed by atoms with Crippen LogP contribution in [0.15, 0.2) is 69.3 Å². The van der Waals surface area contributed by atoms with E-state index in [1.54, 1.807) is 18.2 Å². The molecular formula is C19H24N2O6S3. The second kappa shape index (κ2) is 8.75. The molecular weight excluding hydrogens is 448 g/mol. The minimum atomic E-state index is -3.79.